The lowest BCUT2D eigenvalue weighted by atomic mass is 10.1. The third-order valence-corrected chi connectivity index (χ3v) is 5.57. The second-order valence-electron chi connectivity index (χ2n) is 6.71. The van der Waals surface area contributed by atoms with Crippen LogP contribution in [0.3, 0.4) is 0 Å². The fourth-order valence-electron chi connectivity index (χ4n) is 3.02. The molecule has 1 fully saturated rings. The maximum atomic E-state index is 5.18. The van der Waals surface area contributed by atoms with Crippen LogP contribution in [0.2, 0.25) is 0 Å². The van der Waals surface area contributed by atoms with Crippen LogP contribution in [0.4, 0.5) is 0 Å². The molecule has 0 saturated carbocycles. The number of benzene rings is 1. The van der Waals surface area contributed by atoms with Crippen LogP contribution in [-0.4, -0.2) is 68.6 Å². The number of likely N-dealkylation sites (tertiary alicyclic amines) is 1. The third kappa shape index (κ3) is 7.98. The Labute approximate surface area is 163 Å². The number of nitrogens with zero attached hydrogens (tertiary/aromatic N) is 2. The smallest absolute Gasteiger partial charge is 0.191 e. The topological polar surface area (TPSA) is 48.9 Å². The fourth-order valence-corrected chi connectivity index (χ4v) is 3.95. The first-order valence-corrected chi connectivity index (χ1v) is 10.6. The minimum Gasteiger partial charge on any atom is -0.383 e. The summed E-state index contributed by atoms with van der Waals surface area (Å²) in [5, 5.41) is 7.46. The lowest BCUT2D eigenvalue weighted by molar-refractivity contribution is 0.128. The van der Waals surface area contributed by atoms with Crippen LogP contribution in [0.25, 0.3) is 0 Å². The number of ether oxygens (including phenoxy) is 1. The van der Waals surface area contributed by atoms with Crippen molar-refractivity contribution in [3.8, 4) is 0 Å². The number of piperidine rings is 1. The van der Waals surface area contributed by atoms with Gasteiger partial charge in [0.15, 0.2) is 5.96 Å². The number of rotatable bonds is 9. The summed E-state index contributed by atoms with van der Waals surface area (Å²) in [4.78, 5) is 8.59. The molecule has 1 aromatic rings. The Bertz CT molecular complexity index is 518. The zero-order valence-electron chi connectivity index (χ0n) is 16.4. The van der Waals surface area contributed by atoms with Crippen molar-refractivity contribution < 1.29 is 4.74 Å². The first kappa shape index (κ1) is 21.1. The molecule has 1 saturated heterocycles. The number of hydrogen-bond donors (Lipinski definition) is 2. The Kier molecular flexibility index (Phi) is 9.89. The van der Waals surface area contributed by atoms with Gasteiger partial charge in [0.2, 0.25) is 0 Å². The van der Waals surface area contributed by atoms with Crippen molar-refractivity contribution in [3.05, 3.63) is 30.3 Å². The molecular weight excluding hydrogens is 344 g/mol. The minimum atomic E-state index is 0.448. The maximum Gasteiger partial charge on any atom is 0.191 e. The Morgan fingerprint density at radius 2 is 2.04 bits per heavy atom. The third-order valence-electron chi connectivity index (χ3n) is 4.47. The van der Waals surface area contributed by atoms with E-state index in [0.717, 1.165) is 58.1 Å². The van der Waals surface area contributed by atoms with Gasteiger partial charge in [-0.3, -0.25) is 4.99 Å². The van der Waals surface area contributed by atoms with Gasteiger partial charge < -0.3 is 20.3 Å². The summed E-state index contributed by atoms with van der Waals surface area (Å²) in [5.41, 5.74) is 0. The quantitative estimate of drug-likeness (QED) is 0.393. The van der Waals surface area contributed by atoms with Crippen LogP contribution in [0, 0.1) is 0 Å². The van der Waals surface area contributed by atoms with Gasteiger partial charge in [0.1, 0.15) is 0 Å². The van der Waals surface area contributed by atoms with Crippen molar-refractivity contribution in [2.45, 2.75) is 42.9 Å². The van der Waals surface area contributed by atoms with Gasteiger partial charge in [0.05, 0.1) is 13.2 Å². The van der Waals surface area contributed by atoms with Crippen LogP contribution >= 0.6 is 11.8 Å². The summed E-state index contributed by atoms with van der Waals surface area (Å²) in [6, 6.07) is 11.0. The van der Waals surface area contributed by atoms with Crippen molar-refractivity contribution >= 4 is 17.7 Å². The summed E-state index contributed by atoms with van der Waals surface area (Å²) in [6.45, 7) is 10.2. The molecule has 1 aliphatic rings. The normalized spacial score (nSPS) is 17.9. The molecule has 0 spiro atoms. The van der Waals surface area contributed by atoms with Gasteiger partial charge >= 0.3 is 0 Å². The average Bonchev–Trinajstić information content (AvgIpc) is 2.66. The molecule has 5 nitrogen and oxygen atoms in total. The number of methoxy groups -OCH3 is 1. The van der Waals surface area contributed by atoms with Crippen molar-refractivity contribution in [2.75, 3.05) is 46.4 Å². The van der Waals surface area contributed by atoms with Crippen molar-refractivity contribution in [2.24, 2.45) is 4.99 Å². The van der Waals surface area contributed by atoms with Gasteiger partial charge in [-0.05, 0) is 31.9 Å². The Balaban J connectivity index is 1.77. The van der Waals surface area contributed by atoms with E-state index in [2.05, 4.69) is 59.7 Å². The first-order chi connectivity index (χ1) is 12.7. The molecule has 146 valence electrons. The van der Waals surface area contributed by atoms with Crippen LogP contribution < -0.4 is 10.6 Å². The Hall–Kier alpha value is -1.24. The van der Waals surface area contributed by atoms with E-state index < -0.39 is 0 Å². The van der Waals surface area contributed by atoms with E-state index in [9.17, 15) is 0 Å². The van der Waals surface area contributed by atoms with E-state index in [0.29, 0.717) is 11.3 Å². The van der Waals surface area contributed by atoms with Gasteiger partial charge in [0.25, 0.3) is 0 Å². The summed E-state index contributed by atoms with van der Waals surface area (Å²) in [6.07, 6.45) is 2.31. The number of hydrogen-bond acceptors (Lipinski definition) is 4. The highest BCUT2D eigenvalue weighted by atomic mass is 32.2. The highest BCUT2D eigenvalue weighted by molar-refractivity contribution is 8.00. The number of guanidine groups is 1. The molecule has 1 unspecified atom stereocenters. The molecule has 1 aliphatic heterocycles. The van der Waals surface area contributed by atoms with Gasteiger partial charge in [-0.1, -0.05) is 25.1 Å². The van der Waals surface area contributed by atoms with E-state index in [1.54, 1.807) is 7.11 Å². The summed E-state index contributed by atoms with van der Waals surface area (Å²) in [5.74, 6) is 0.948. The Morgan fingerprint density at radius 3 is 2.69 bits per heavy atom. The van der Waals surface area contributed by atoms with Crippen molar-refractivity contribution in [1.29, 1.82) is 0 Å². The van der Waals surface area contributed by atoms with Crippen LogP contribution in [0.1, 0.15) is 26.7 Å². The molecular formula is C20H34N4OS. The molecule has 6 heteroatoms. The highest BCUT2D eigenvalue weighted by Crippen LogP contribution is 2.22. The summed E-state index contributed by atoms with van der Waals surface area (Å²) < 4.78 is 5.18. The lowest BCUT2D eigenvalue weighted by Gasteiger charge is -2.32. The van der Waals surface area contributed by atoms with Crippen molar-refractivity contribution in [1.82, 2.24) is 15.5 Å². The number of thioether (sulfide) groups is 1. The molecule has 2 N–H and O–H groups in total. The van der Waals surface area contributed by atoms with E-state index in [4.69, 9.17) is 9.73 Å². The van der Waals surface area contributed by atoms with Crippen LogP contribution in [0.5, 0.6) is 0 Å². The first-order valence-electron chi connectivity index (χ1n) is 9.69. The largest absolute Gasteiger partial charge is 0.383 e. The molecule has 0 radical (unpaired) electrons. The van der Waals surface area contributed by atoms with E-state index >= 15 is 0 Å². The lowest BCUT2D eigenvalue weighted by Crippen LogP contribution is -2.49. The van der Waals surface area contributed by atoms with Gasteiger partial charge in [0, 0.05) is 49.5 Å². The zero-order chi connectivity index (χ0) is 18.6. The van der Waals surface area contributed by atoms with Gasteiger partial charge in [-0.2, -0.15) is 0 Å². The zero-order valence-corrected chi connectivity index (χ0v) is 17.2. The van der Waals surface area contributed by atoms with Gasteiger partial charge in [-0.25, -0.2) is 0 Å². The molecule has 2 rings (SSSR count). The average molecular weight is 379 g/mol. The monoisotopic (exact) mass is 378 g/mol. The molecule has 0 aliphatic carbocycles. The molecule has 1 heterocycles. The Morgan fingerprint density at radius 1 is 1.31 bits per heavy atom. The molecule has 0 amide bonds. The minimum absolute atomic E-state index is 0.448. The van der Waals surface area contributed by atoms with Gasteiger partial charge in [-0.15, -0.1) is 11.8 Å². The standard InChI is InChI=1S/C20H34N4OS/c1-4-21-20(22-16-17(2)26-19-8-6-5-7-9-19)23-18-10-12-24(13-11-18)14-15-25-3/h5-9,17-18H,4,10-16H2,1-3H3,(H2,21,22,23). The molecule has 0 aromatic heterocycles. The second-order valence-corrected chi connectivity index (χ2v) is 8.23. The fraction of sp³-hybridized carbons (Fsp3) is 0.650. The van der Waals surface area contributed by atoms with E-state index in [-0.39, 0.29) is 0 Å². The van der Waals surface area contributed by atoms with E-state index in [1.165, 1.54) is 4.90 Å². The predicted octanol–water partition coefficient (Wildman–Crippen LogP) is 2.83. The molecule has 1 aromatic carbocycles. The summed E-state index contributed by atoms with van der Waals surface area (Å²) >= 11 is 1.88. The summed E-state index contributed by atoms with van der Waals surface area (Å²) in [7, 11) is 1.77. The number of nitrogens with one attached hydrogen (secondary N) is 2. The van der Waals surface area contributed by atoms with Crippen molar-refractivity contribution in [3.63, 3.8) is 0 Å². The SMILES string of the molecule is CCNC(=NCC(C)Sc1ccccc1)NC1CCN(CCOC)CC1. The molecule has 26 heavy (non-hydrogen) atoms. The van der Waals surface area contributed by atoms with E-state index in [1.807, 2.05) is 11.8 Å². The van der Waals surface area contributed by atoms with Crippen LogP contribution in [-0.2, 0) is 4.74 Å². The predicted molar refractivity (Wildman–Crippen MR) is 112 cm³/mol. The number of aliphatic imine (C=N–C) groups is 1. The second kappa shape index (κ2) is 12.2. The maximum absolute atomic E-state index is 5.18. The van der Waals surface area contributed by atoms with Crippen LogP contribution in [0.15, 0.2) is 40.2 Å². The molecule has 0 bridgehead atoms. The molecule has 1 atom stereocenters. The highest BCUT2D eigenvalue weighted by Gasteiger charge is 2.19.